The Bertz CT molecular complexity index is 1110. The molecule has 0 aromatic heterocycles. The summed E-state index contributed by atoms with van der Waals surface area (Å²) < 4.78 is 16.8. The second kappa shape index (κ2) is 9.20. The second-order valence-corrected chi connectivity index (χ2v) is 7.63. The summed E-state index contributed by atoms with van der Waals surface area (Å²) in [6, 6.07) is 18.0. The highest BCUT2D eigenvalue weighted by Gasteiger charge is 2.29. The van der Waals surface area contributed by atoms with Crippen molar-refractivity contribution >= 4 is 17.3 Å². The van der Waals surface area contributed by atoms with E-state index in [0.717, 1.165) is 24.0 Å². The summed E-state index contributed by atoms with van der Waals surface area (Å²) >= 11 is 0. The highest BCUT2D eigenvalue weighted by Crippen LogP contribution is 2.45. The molecule has 2 unspecified atom stereocenters. The van der Waals surface area contributed by atoms with Crippen molar-refractivity contribution in [1.82, 2.24) is 0 Å². The number of anilines is 2. The summed E-state index contributed by atoms with van der Waals surface area (Å²) in [5.74, 6) is 0.560. The van der Waals surface area contributed by atoms with E-state index in [1.54, 1.807) is 30.3 Å². The standard InChI is InChI=1S/C25H26N2O5/c1-30-23-14-17(13-20(28)24(23)31-2)22-12-11-21(32-22)15-7-9-16(10-8-15)25(29)27-19-6-4-3-5-18(19)26/h3-10,13-14,21-22,28H,11-12,26H2,1-2H3,(H,27,29). The molecule has 7 nitrogen and oxygen atoms in total. The van der Waals surface area contributed by atoms with Crippen LogP contribution in [0.25, 0.3) is 0 Å². The normalized spacial score (nSPS) is 17.7. The number of hydrogen-bond donors (Lipinski definition) is 3. The van der Waals surface area contributed by atoms with Crippen LogP contribution in [-0.2, 0) is 4.74 Å². The van der Waals surface area contributed by atoms with Crippen molar-refractivity contribution in [1.29, 1.82) is 0 Å². The monoisotopic (exact) mass is 434 g/mol. The van der Waals surface area contributed by atoms with E-state index in [1.807, 2.05) is 30.3 Å². The first-order valence-corrected chi connectivity index (χ1v) is 10.4. The Labute approximate surface area is 186 Å². The lowest BCUT2D eigenvalue weighted by Gasteiger charge is -2.17. The van der Waals surface area contributed by atoms with E-state index in [1.165, 1.54) is 14.2 Å². The molecule has 1 heterocycles. The Balaban J connectivity index is 1.44. The van der Waals surface area contributed by atoms with Crippen LogP contribution in [0.5, 0.6) is 17.2 Å². The number of nitrogens with two attached hydrogens (primary N) is 1. The summed E-state index contributed by atoms with van der Waals surface area (Å²) in [7, 11) is 3.02. The van der Waals surface area contributed by atoms with E-state index < -0.39 is 0 Å². The van der Waals surface area contributed by atoms with Gasteiger partial charge < -0.3 is 30.4 Å². The number of para-hydroxylation sites is 2. The second-order valence-electron chi connectivity index (χ2n) is 7.63. The average Bonchev–Trinajstić information content (AvgIpc) is 3.30. The lowest BCUT2D eigenvalue weighted by Crippen LogP contribution is -2.13. The van der Waals surface area contributed by atoms with E-state index >= 15 is 0 Å². The van der Waals surface area contributed by atoms with Crippen LogP contribution in [0.4, 0.5) is 11.4 Å². The van der Waals surface area contributed by atoms with Crippen LogP contribution in [0.1, 0.15) is 46.5 Å². The van der Waals surface area contributed by atoms with Crippen molar-refractivity contribution in [2.75, 3.05) is 25.3 Å². The van der Waals surface area contributed by atoms with Gasteiger partial charge in [-0.15, -0.1) is 0 Å². The maximum absolute atomic E-state index is 12.5. The Kier molecular flexibility index (Phi) is 6.18. The Morgan fingerprint density at radius 2 is 1.69 bits per heavy atom. The number of nitrogen functional groups attached to an aromatic ring is 1. The quantitative estimate of drug-likeness (QED) is 0.480. The topological polar surface area (TPSA) is 103 Å². The molecule has 7 heteroatoms. The molecule has 0 spiro atoms. The maximum atomic E-state index is 12.5. The number of phenols is 1. The number of carbonyl (C=O) groups excluding carboxylic acids is 1. The summed E-state index contributed by atoms with van der Waals surface area (Å²) in [4.78, 5) is 12.5. The van der Waals surface area contributed by atoms with Crippen molar-refractivity contribution in [2.45, 2.75) is 25.0 Å². The smallest absolute Gasteiger partial charge is 0.255 e. The number of nitrogens with one attached hydrogen (secondary N) is 1. The first-order chi connectivity index (χ1) is 15.5. The number of hydrogen-bond acceptors (Lipinski definition) is 6. The van der Waals surface area contributed by atoms with Gasteiger partial charge in [0.15, 0.2) is 11.5 Å². The van der Waals surface area contributed by atoms with E-state index in [9.17, 15) is 9.90 Å². The molecule has 1 amide bonds. The fourth-order valence-electron chi connectivity index (χ4n) is 3.93. The van der Waals surface area contributed by atoms with E-state index in [0.29, 0.717) is 28.4 Å². The van der Waals surface area contributed by atoms with Gasteiger partial charge in [-0.3, -0.25) is 4.79 Å². The molecule has 0 radical (unpaired) electrons. The predicted octanol–water partition coefficient (Wildman–Crippen LogP) is 4.84. The number of aromatic hydroxyl groups is 1. The number of rotatable bonds is 6. The molecule has 4 N–H and O–H groups in total. The third-order valence-electron chi connectivity index (χ3n) is 5.63. The molecule has 1 fully saturated rings. The minimum absolute atomic E-state index is 0.0170. The van der Waals surface area contributed by atoms with Gasteiger partial charge in [0, 0.05) is 5.56 Å². The maximum Gasteiger partial charge on any atom is 0.255 e. The summed E-state index contributed by atoms with van der Waals surface area (Å²) in [6.45, 7) is 0. The van der Waals surface area contributed by atoms with Crippen LogP contribution in [0, 0.1) is 0 Å². The molecular formula is C25H26N2O5. The third-order valence-corrected chi connectivity index (χ3v) is 5.63. The number of amides is 1. The molecule has 3 aromatic carbocycles. The minimum atomic E-state index is -0.222. The average molecular weight is 434 g/mol. The summed E-state index contributed by atoms with van der Waals surface area (Å²) in [5.41, 5.74) is 9.36. The van der Waals surface area contributed by atoms with Gasteiger partial charge in [0.05, 0.1) is 37.8 Å². The molecule has 0 saturated carbocycles. The van der Waals surface area contributed by atoms with Gasteiger partial charge in [0.25, 0.3) is 5.91 Å². The third kappa shape index (κ3) is 4.33. The number of methoxy groups -OCH3 is 2. The van der Waals surface area contributed by atoms with Gasteiger partial charge in [-0.2, -0.15) is 0 Å². The van der Waals surface area contributed by atoms with Gasteiger partial charge in [0.1, 0.15) is 0 Å². The van der Waals surface area contributed by atoms with Crippen LogP contribution >= 0.6 is 0 Å². The molecule has 0 bridgehead atoms. The molecule has 1 saturated heterocycles. The Morgan fingerprint density at radius 1 is 1.00 bits per heavy atom. The van der Waals surface area contributed by atoms with E-state index in [4.69, 9.17) is 19.9 Å². The van der Waals surface area contributed by atoms with E-state index in [-0.39, 0.29) is 23.9 Å². The van der Waals surface area contributed by atoms with Crippen molar-refractivity contribution in [2.24, 2.45) is 0 Å². The fraction of sp³-hybridized carbons (Fsp3) is 0.240. The number of phenolic OH excluding ortho intramolecular Hbond substituents is 1. The zero-order valence-electron chi connectivity index (χ0n) is 18.0. The molecule has 1 aliphatic heterocycles. The van der Waals surface area contributed by atoms with Crippen molar-refractivity contribution < 1.29 is 24.1 Å². The van der Waals surface area contributed by atoms with Gasteiger partial charge in [-0.1, -0.05) is 24.3 Å². The lowest BCUT2D eigenvalue weighted by molar-refractivity contribution is 0.0438. The minimum Gasteiger partial charge on any atom is -0.504 e. The lowest BCUT2D eigenvalue weighted by atomic mass is 10.0. The highest BCUT2D eigenvalue weighted by atomic mass is 16.5. The molecule has 32 heavy (non-hydrogen) atoms. The predicted molar refractivity (Wildman–Crippen MR) is 122 cm³/mol. The number of carbonyl (C=O) groups is 1. The first kappa shape index (κ1) is 21.5. The van der Waals surface area contributed by atoms with Gasteiger partial charge >= 0.3 is 0 Å². The number of ether oxygens (including phenoxy) is 3. The van der Waals surface area contributed by atoms with Crippen LogP contribution in [0.15, 0.2) is 60.7 Å². The van der Waals surface area contributed by atoms with Gasteiger partial charge in [-0.25, -0.2) is 0 Å². The van der Waals surface area contributed by atoms with Crippen LogP contribution in [-0.4, -0.2) is 25.2 Å². The van der Waals surface area contributed by atoms with Crippen molar-refractivity contribution in [3.05, 3.63) is 77.4 Å². The first-order valence-electron chi connectivity index (χ1n) is 10.4. The molecule has 0 aliphatic carbocycles. The van der Waals surface area contributed by atoms with Crippen LogP contribution in [0.2, 0.25) is 0 Å². The Morgan fingerprint density at radius 3 is 2.34 bits per heavy atom. The zero-order chi connectivity index (χ0) is 22.7. The largest absolute Gasteiger partial charge is 0.504 e. The van der Waals surface area contributed by atoms with Crippen molar-refractivity contribution in [3.8, 4) is 17.2 Å². The van der Waals surface area contributed by atoms with Gasteiger partial charge in [0.2, 0.25) is 5.75 Å². The number of benzene rings is 3. The molecule has 2 atom stereocenters. The SMILES string of the molecule is COc1cc(C2CCC(c3ccc(C(=O)Nc4ccccc4N)cc3)O2)cc(O)c1OC. The highest BCUT2D eigenvalue weighted by molar-refractivity contribution is 6.05. The Hall–Kier alpha value is -3.71. The van der Waals surface area contributed by atoms with Crippen LogP contribution < -0.4 is 20.5 Å². The van der Waals surface area contributed by atoms with E-state index in [2.05, 4.69) is 5.32 Å². The fourth-order valence-corrected chi connectivity index (χ4v) is 3.93. The molecule has 1 aliphatic rings. The molecule has 4 rings (SSSR count). The van der Waals surface area contributed by atoms with Gasteiger partial charge in [-0.05, 0) is 60.4 Å². The molecule has 3 aromatic rings. The van der Waals surface area contributed by atoms with Crippen molar-refractivity contribution in [3.63, 3.8) is 0 Å². The summed E-state index contributed by atoms with van der Waals surface area (Å²) in [5, 5.41) is 13.1. The molecular weight excluding hydrogens is 408 g/mol. The zero-order valence-corrected chi connectivity index (χ0v) is 18.0. The molecule has 166 valence electrons. The summed E-state index contributed by atoms with van der Waals surface area (Å²) in [6.07, 6.45) is 1.35. The van der Waals surface area contributed by atoms with Crippen LogP contribution in [0.3, 0.4) is 0 Å².